The molecular formula is C21H15N3O5. The molecule has 4 rings (SSSR count). The number of Topliss-reactive ketones (excluding diaryl/α,β-unsaturated/α-hetero) is 1. The minimum Gasteiger partial charge on any atom is -0.403 e. The summed E-state index contributed by atoms with van der Waals surface area (Å²) in [5.74, 6) is -0.708. The third-order valence-corrected chi connectivity index (χ3v) is 4.49. The van der Waals surface area contributed by atoms with Crippen LogP contribution in [0.4, 0.5) is 10.7 Å². The third-order valence-electron chi connectivity index (χ3n) is 4.49. The van der Waals surface area contributed by atoms with Gasteiger partial charge in [-0.3, -0.25) is 14.9 Å². The van der Waals surface area contributed by atoms with Crippen molar-refractivity contribution < 1.29 is 18.9 Å². The Morgan fingerprint density at radius 1 is 0.966 bits per heavy atom. The lowest BCUT2D eigenvalue weighted by atomic mass is 9.90. The topological polar surface area (TPSA) is 114 Å². The maximum Gasteiger partial charge on any atom is 0.433 e. The van der Waals surface area contributed by atoms with Gasteiger partial charge in [0.2, 0.25) is 0 Å². The van der Waals surface area contributed by atoms with Crippen LogP contribution in [0.5, 0.6) is 0 Å². The summed E-state index contributed by atoms with van der Waals surface area (Å²) >= 11 is 0. The number of benzene rings is 2. The fourth-order valence-electron chi connectivity index (χ4n) is 3.20. The van der Waals surface area contributed by atoms with Crippen molar-refractivity contribution in [3.05, 3.63) is 105 Å². The molecule has 144 valence electrons. The monoisotopic (exact) mass is 389 g/mol. The van der Waals surface area contributed by atoms with Crippen LogP contribution in [0.1, 0.15) is 27.7 Å². The molecule has 0 saturated heterocycles. The molecule has 0 unspecified atom stereocenters. The summed E-state index contributed by atoms with van der Waals surface area (Å²) in [6.07, 6.45) is 0. The van der Waals surface area contributed by atoms with Crippen molar-refractivity contribution in [2.75, 3.05) is 0 Å². The van der Waals surface area contributed by atoms with Crippen LogP contribution in [-0.4, -0.2) is 16.7 Å². The number of nitrogens with zero attached hydrogens (tertiary/aromatic N) is 1. The van der Waals surface area contributed by atoms with E-state index in [0.29, 0.717) is 16.8 Å². The van der Waals surface area contributed by atoms with Crippen LogP contribution in [0.15, 0.2) is 82.8 Å². The van der Waals surface area contributed by atoms with Gasteiger partial charge in [-0.1, -0.05) is 60.7 Å². The number of hydrogen-bond acceptors (Lipinski definition) is 5. The predicted molar refractivity (Wildman–Crippen MR) is 104 cm³/mol. The number of carbonyl (C=O) groups is 2. The van der Waals surface area contributed by atoms with Crippen LogP contribution in [0, 0.1) is 10.1 Å². The number of ketones is 1. The lowest BCUT2D eigenvalue weighted by Crippen LogP contribution is -2.45. The Labute approximate surface area is 165 Å². The highest BCUT2D eigenvalue weighted by Crippen LogP contribution is 2.35. The molecule has 0 fully saturated rings. The Bertz CT molecular complexity index is 1120. The van der Waals surface area contributed by atoms with Crippen molar-refractivity contribution >= 4 is 23.4 Å². The van der Waals surface area contributed by atoms with E-state index in [-0.39, 0.29) is 17.1 Å². The zero-order chi connectivity index (χ0) is 20.4. The van der Waals surface area contributed by atoms with Gasteiger partial charge < -0.3 is 15.1 Å². The van der Waals surface area contributed by atoms with E-state index in [2.05, 4.69) is 10.6 Å². The second-order valence-corrected chi connectivity index (χ2v) is 6.31. The molecule has 8 nitrogen and oxygen atoms in total. The van der Waals surface area contributed by atoms with E-state index in [9.17, 15) is 19.7 Å². The van der Waals surface area contributed by atoms with E-state index in [4.69, 9.17) is 4.42 Å². The van der Waals surface area contributed by atoms with Crippen molar-refractivity contribution in [2.45, 2.75) is 6.04 Å². The minimum atomic E-state index is -0.986. The molecule has 1 aliphatic rings. The van der Waals surface area contributed by atoms with Crippen molar-refractivity contribution in [1.29, 1.82) is 0 Å². The molecule has 0 radical (unpaired) electrons. The van der Waals surface area contributed by atoms with Gasteiger partial charge in [-0.05, 0) is 11.6 Å². The second-order valence-electron chi connectivity index (χ2n) is 6.31. The van der Waals surface area contributed by atoms with Gasteiger partial charge in [-0.25, -0.2) is 4.79 Å². The molecule has 29 heavy (non-hydrogen) atoms. The van der Waals surface area contributed by atoms with Gasteiger partial charge in [0.15, 0.2) is 5.78 Å². The van der Waals surface area contributed by atoms with Crippen molar-refractivity contribution in [2.24, 2.45) is 0 Å². The first-order valence-corrected chi connectivity index (χ1v) is 8.75. The first-order chi connectivity index (χ1) is 14.0. The number of nitro groups is 1. The molecule has 2 heterocycles. The fourth-order valence-corrected chi connectivity index (χ4v) is 3.20. The largest absolute Gasteiger partial charge is 0.433 e. The van der Waals surface area contributed by atoms with Gasteiger partial charge in [0.1, 0.15) is 16.7 Å². The molecule has 2 aromatic carbocycles. The van der Waals surface area contributed by atoms with Gasteiger partial charge in [0.25, 0.3) is 0 Å². The third kappa shape index (κ3) is 3.51. The summed E-state index contributed by atoms with van der Waals surface area (Å²) in [4.78, 5) is 36.1. The molecule has 0 spiro atoms. The van der Waals surface area contributed by atoms with Crippen LogP contribution in [0.2, 0.25) is 0 Å². The van der Waals surface area contributed by atoms with Crippen LogP contribution in [0.25, 0.3) is 5.70 Å². The Kier molecular flexibility index (Phi) is 4.66. The normalized spacial score (nSPS) is 16.1. The first-order valence-electron chi connectivity index (χ1n) is 8.75. The summed E-state index contributed by atoms with van der Waals surface area (Å²) in [6.45, 7) is 0. The molecule has 8 heteroatoms. The second kappa shape index (κ2) is 7.43. The number of urea groups is 1. The Morgan fingerprint density at radius 3 is 2.24 bits per heavy atom. The van der Waals surface area contributed by atoms with E-state index in [1.54, 1.807) is 54.6 Å². The molecule has 2 amide bonds. The lowest BCUT2D eigenvalue weighted by Gasteiger charge is -2.28. The average Bonchev–Trinajstić information content (AvgIpc) is 3.24. The van der Waals surface area contributed by atoms with Crippen LogP contribution in [0.3, 0.4) is 0 Å². The van der Waals surface area contributed by atoms with E-state index >= 15 is 0 Å². The maximum atomic E-state index is 13.4. The molecule has 0 saturated carbocycles. The van der Waals surface area contributed by atoms with Gasteiger partial charge in [-0.2, -0.15) is 0 Å². The van der Waals surface area contributed by atoms with Gasteiger partial charge in [-0.15, -0.1) is 0 Å². The highest BCUT2D eigenvalue weighted by Gasteiger charge is 2.36. The molecule has 0 aliphatic carbocycles. The van der Waals surface area contributed by atoms with E-state index in [1.807, 2.05) is 6.07 Å². The van der Waals surface area contributed by atoms with Crippen molar-refractivity contribution in [3.8, 4) is 0 Å². The molecular weight excluding hydrogens is 374 g/mol. The molecule has 3 aromatic rings. The maximum absolute atomic E-state index is 13.4. The van der Waals surface area contributed by atoms with E-state index in [1.165, 1.54) is 12.1 Å². The van der Waals surface area contributed by atoms with Crippen LogP contribution in [-0.2, 0) is 0 Å². The highest BCUT2D eigenvalue weighted by molar-refractivity contribution is 6.16. The lowest BCUT2D eigenvalue weighted by molar-refractivity contribution is -0.402. The van der Waals surface area contributed by atoms with Crippen molar-refractivity contribution in [1.82, 2.24) is 10.6 Å². The number of furan rings is 1. The number of rotatable bonds is 5. The van der Waals surface area contributed by atoms with Crippen molar-refractivity contribution in [3.63, 3.8) is 0 Å². The fraction of sp³-hybridized carbons (Fsp3) is 0.0476. The summed E-state index contributed by atoms with van der Waals surface area (Å²) in [5, 5.41) is 16.4. The predicted octanol–water partition coefficient (Wildman–Crippen LogP) is 3.84. The zero-order valence-corrected chi connectivity index (χ0v) is 15.0. The number of hydrogen-bond donors (Lipinski definition) is 2. The quantitative estimate of drug-likeness (QED) is 0.391. The molecule has 0 bridgehead atoms. The Balaban J connectivity index is 1.91. The van der Waals surface area contributed by atoms with Gasteiger partial charge in [0, 0.05) is 5.56 Å². The first kappa shape index (κ1) is 18.2. The summed E-state index contributed by atoms with van der Waals surface area (Å²) in [6, 6.07) is 18.5. The highest BCUT2D eigenvalue weighted by atomic mass is 16.6. The SMILES string of the molecule is O=C1NC(c2ccccc2)=C(C(=O)c2ccccc2)[C@@H](c2ccc([N+](=O)[O-])o2)N1. The standard InChI is InChI=1S/C21H15N3O5/c25-20(14-9-5-2-6-10-14)17-18(13-7-3-1-4-8-13)22-21(26)23-19(17)15-11-12-16(29-15)24(27)28/h1-12,19H,(H2,22,23,26)/t19-/m1/s1. The van der Waals surface area contributed by atoms with Crippen LogP contribution >= 0.6 is 0 Å². The van der Waals surface area contributed by atoms with E-state index < -0.39 is 22.9 Å². The Morgan fingerprint density at radius 2 is 1.62 bits per heavy atom. The van der Waals surface area contributed by atoms with Gasteiger partial charge >= 0.3 is 11.9 Å². The number of nitrogens with one attached hydrogen (secondary N) is 2. The molecule has 1 aliphatic heterocycles. The summed E-state index contributed by atoms with van der Waals surface area (Å²) in [5.41, 5.74) is 1.60. The molecule has 2 N–H and O–H groups in total. The summed E-state index contributed by atoms with van der Waals surface area (Å²) in [7, 11) is 0. The zero-order valence-electron chi connectivity index (χ0n) is 15.0. The summed E-state index contributed by atoms with van der Waals surface area (Å²) < 4.78 is 5.31. The van der Waals surface area contributed by atoms with Crippen LogP contribution < -0.4 is 10.6 Å². The smallest absolute Gasteiger partial charge is 0.403 e. The number of amides is 2. The van der Waals surface area contributed by atoms with E-state index in [0.717, 1.165) is 0 Å². The average molecular weight is 389 g/mol. The molecule has 1 aromatic heterocycles. The van der Waals surface area contributed by atoms with Gasteiger partial charge in [0.05, 0.1) is 17.3 Å². The molecule has 1 atom stereocenters. The Hall–Kier alpha value is -4.20. The number of carbonyl (C=O) groups excluding carboxylic acids is 2. The minimum absolute atomic E-state index is 0.0965.